The van der Waals surface area contributed by atoms with Crippen molar-refractivity contribution in [3.8, 4) is 0 Å². The minimum atomic E-state index is -0.190. The van der Waals surface area contributed by atoms with Gasteiger partial charge < -0.3 is 0 Å². The first-order valence-electron chi connectivity index (χ1n) is 4.38. The van der Waals surface area contributed by atoms with E-state index < -0.39 is 0 Å². The largest absolute Gasteiger partial charge is 0.296 e. The molecule has 0 aliphatic heterocycles. The highest BCUT2D eigenvalue weighted by molar-refractivity contribution is 7.13. The Bertz CT molecular complexity index is 488. The van der Waals surface area contributed by atoms with E-state index in [4.69, 9.17) is 0 Å². The molecule has 2 rings (SSSR count). The minimum Gasteiger partial charge on any atom is -0.296 e. The predicted molar refractivity (Wildman–Crippen MR) is 58.0 cm³/mol. The molecule has 0 fully saturated rings. The quantitative estimate of drug-likeness (QED) is 0.836. The molecule has 1 amide bonds. The van der Waals surface area contributed by atoms with Crippen LogP contribution in [0.4, 0.5) is 5.13 Å². The van der Waals surface area contributed by atoms with Gasteiger partial charge in [0, 0.05) is 18.6 Å². The first kappa shape index (κ1) is 9.85. The van der Waals surface area contributed by atoms with Gasteiger partial charge >= 0.3 is 0 Å². The fraction of sp³-hybridized carbons (Fsp3) is 0.222. The monoisotopic (exact) mass is 222 g/mol. The van der Waals surface area contributed by atoms with E-state index in [0.29, 0.717) is 10.8 Å². The lowest BCUT2D eigenvalue weighted by Crippen LogP contribution is -2.15. The third-order valence-corrected chi connectivity index (χ3v) is 2.77. The van der Waals surface area contributed by atoms with Gasteiger partial charge in [-0.25, -0.2) is 4.98 Å². The second kappa shape index (κ2) is 3.82. The van der Waals surface area contributed by atoms with Crippen LogP contribution in [0.2, 0.25) is 0 Å². The molecule has 5 nitrogen and oxygen atoms in total. The molecule has 0 saturated carbocycles. The average molecular weight is 222 g/mol. The van der Waals surface area contributed by atoms with Crippen LogP contribution in [-0.4, -0.2) is 20.7 Å². The van der Waals surface area contributed by atoms with Gasteiger partial charge in [0.15, 0.2) is 5.13 Å². The molecule has 0 atom stereocenters. The van der Waals surface area contributed by atoms with Crippen molar-refractivity contribution in [1.29, 1.82) is 0 Å². The van der Waals surface area contributed by atoms with Crippen LogP contribution in [0.5, 0.6) is 0 Å². The third-order valence-electron chi connectivity index (χ3n) is 1.89. The van der Waals surface area contributed by atoms with Gasteiger partial charge in [-0.1, -0.05) is 0 Å². The van der Waals surface area contributed by atoms with Crippen molar-refractivity contribution in [3.63, 3.8) is 0 Å². The number of rotatable bonds is 2. The maximum atomic E-state index is 11.7. The molecule has 2 aromatic heterocycles. The number of carbonyl (C=O) groups excluding carboxylic acids is 1. The zero-order valence-electron chi connectivity index (χ0n) is 8.39. The summed E-state index contributed by atoms with van der Waals surface area (Å²) in [6.07, 6.45) is 1.59. The SMILES string of the molecule is Cc1csc(NC(=O)c2ccnn2C)n1. The lowest BCUT2D eigenvalue weighted by Gasteiger charge is -2.00. The van der Waals surface area contributed by atoms with Gasteiger partial charge in [0.05, 0.1) is 5.69 Å². The molecule has 0 aliphatic rings. The number of hydrogen-bond acceptors (Lipinski definition) is 4. The summed E-state index contributed by atoms with van der Waals surface area (Å²) in [6.45, 7) is 1.89. The smallest absolute Gasteiger partial charge is 0.275 e. The summed E-state index contributed by atoms with van der Waals surface area (Å²) >= 11 is 1.41. The maximum Gasteiger partial charge on any atom is 0.275 e. The van der Waals surface area contributed by atoms with Crippen molar-refractivity contribution in [2.45, 2.75) is 6.92 Å². The zero-order chi connectivity index (χ0) is 10.8. The second-order valence-electron chi connectivity index (χ2n) is 3.09. The molecule has 0 unspecified atom stereocenters. The van der Waals surface area contributed by atoms with Crippen molar-refractivity contribution < 1.29 is 4.79 Å². The van der Waals surface area contributed by atoms with Crippen LogP contribution in [-0.2, 0) is 7.05 Å². The number of anilines is 1. The Morgan fingerprint density at radius 2 is 2.40 bits per heavy atom. The third kappa shape index (κ3) is 2.04. The van der Waals surface area contributed by atoms with Gasteiger partial charge in [-0.3, -0.25) is 14.8 Å². The molecule has 15 heavy (non-hydrogen) atoms. The lowest BCUT2D eigenvalue weighted by molar-refractivity contribution is 0.101. The average Bonchev–Trinajstić information content (AvgIpc) is 2.75. The topological polar surface area (TPSA) is 59.8 Å². The molecule has 6 heteroatoms. The highest BCUT2D eigenvalue weighted by Gasteiger charge is 2.11. The molecule has 0 spiro atoms. The van der Waals surface area contributed by atoms with Gasteiger partial charge in [-0.15, -0.1) is 11.3 Å². The molecule has 2 heterocycles. The normalized spacial score (nSPS) is 10.3. The van der Waals surface area contributed by atoms with Crippen LogP contribution in [0.1, 0.15) is 16.2 Å². The number of aromatic nitrogens is 3. The number of nitrogens with one attached hydrogen (secondary N) is 1. The first-order chi connectivity index (χ1) is 7.16. The summed E-state index contributed by atoms with van der Waals surface area (Å²) < 4.78 is 1.52. The molecule has 0 aliphatic carbocycles. The van der Waals surface area contributed by atoms with Crippen molar-refractivity contribution in [3.05, 3.63) is 29.0 Å². The van der Waals surface area contributed by atoms with Crippen LogP contribution in [0.15, 0.2) is 17.6 Å². The Morgan fingerprint density at radius 1 is 1.60 bits per heavy atom. The standard InChI is InChI=1S/C9H10N4OS/c1-6-5-15-9(11-6)12-8(14)7-3-4-10-13(7)2/h3-5H,1-2H3,(H,11,12,14). The van der Waals surface area contributed by atoms with Gasteiger partial charge in [0.25, 0.3) is 5.91 Å². The van der Waals surface area contributed by atoms with E-state index in [0.717, 1.165) is 5.69 Å². The fourth-order valence-corrected chi connectivity index (χ4v) is 1.85. The van der Waals surface area contributed by atoms with Crippen molar-refractivity contribution in [1.82, 2.24) is 14.8 Å². The number of carbonyl (C=O) groups is 1. The number of aryl methyl sites for hydroxylation is 2. The van der Waals surface area contributed by atoms with E-state index in [1.807, 2.05) is 12.3 Å². The van der Waals surface area contributed by atoms with E-state index >= 15 is 0 Å². The molecule has 78 valence electrons. The van der Waals surface area contributed by atoms with Crippen molar-refractivity contribution >= 4 is 22.4 Å². The molecule has 0 saturated heterocycles. The van der Waals surface area contributed by atoms with Crippen LogP contribution in [0.3, 0.4) is 0 Å². The van der Waals surface area contributed by atoms with E-state index in [2.05, 4.69) is 15.4 Å². The van der Waals surface area contributed by atoms with Crippen molar-refractivity contribution in [2.75, 3.05) is 5.32 Å². The van der Waals surface area contributed by atoms with E-state index in [1.54, 1.807) is 19.3 Å². The Hall–Kier alpha value is -1.69. The van der Waals surface area contributed by atoms with Gasteiger partial charge in [0.1, 0.15) is 5.69 Å². The number of hydrogen-bond donors (Lipinski definition) is 1. The zero-order valence-corrected chi connectivity index (χ0v) is 9.21. The van der Waals surface area contributed by atoms with Crippen LogP contribution < -0.4 is 5.32 Å². The summed E-state index contributed by atoms with van der Waals surface area (Å²) in [5.74, 6) is -0.190. The predicted octanol–water partition coefficient (Wildman–Crippen LogP) is 1.44. The number of thiazole rings is 1. The Labute approximate surface area is 90.8 Å². The molecule has 0 bridgehead atoms. The molecule has 0 aromatic carbocycles. The van der Waals surface area contributed by atoms with Crippen LogP contribution >= 0.6 is 11.3 Å². The Kier molecular flexibility index (Phi) is 2.51. The highest BCUT2D eigenvalue weighted by Crippen LogP contribution is 2.15. The molecular weight excluding hydrogens is 212 g/mol. The molecule has 0 radical (unpaired) electrons. The van der Waals surface area contributed by atoms with Crippen LogP contribution in [0, 0.1) is 6.92 Å². The van der Waals surface area contributed by atoms with E-state index in [9.17, 15) is 4.79 Å². The first-order valence-corrected chi connectivity index (χ1v) is 5.26. The van der Waals surface area contributed by atoms with E-state index in [-0.39, 0.29) is 5.91 Å². The van der Waals surface area contributed by atoms with Crippen LogP contribution in [0.25, 0.3) is 0 Å². The molecule has 1 N–H and O–H groups in total. The highest BCUT2D eigenvalue weighted by atomic mass is 32.1. The maximum absolute atomic E-state index is 11.7. The lowest BCUT2D eigenvalue weighted by atomic mass is 10.4. The summed E-state index contributed by atoms with van der Waals surface area (Å²) in [5, 5.41) is 9.13. The number of nitrogens with zero attached hydrogens (tertiary/aromatic N) is 3. The van der Waals surface area contributed by atoms with Crippen molar-refractivity contribution in [2.24, 2.45) is 7.05 Å². The fourth-order valence-electron chi connectivity index (χ4n) is 1.17. The Morgan fingerprint density at radius 3 is 2.93 bits per heavy atom. The second-order valence-corrected chi connectivity index (χ2v) is 3.95. The number of amides is 1. The summed E-state index contributed by atoms with van der Waals surface area (Å²) in [7, 11) is 1.72. The van der Waals surface area contributed by atoms with Gasteiger partial charge in [0.2, 0.25) is 0 Å². The van der Waals surface area contributed by atoms with E-state index in [1.165, 1.54) is 16.0 Å². The summed E-state index contributed by atoms with van der Waals surface area (Å²) in [5.41, 5.74) is 1.42. The molecule has 2 aromatic rings. The van der Waals surface area contributed by atoms with Gasteiger partial charge in [-0.2, -0.15) is 5.10 Å². The minimum absolute atomic E-state index is 0.190. The molecular formula is C9H10N4OS. The van der Waals surface area contributed by atoms with Gasteiger partial charge in [-0.05, 0) is 13.0 Å². The summed E-state index contributed by atoms with van der Waals surface area (Å²) in [6, 6.07) is 1.66. The Balaban J connectivity index is 2.14. The summed E-state index contributed by atoms with van der Waals surface area (Å²) in [4.78, 5) is 15.8.